The molecular weight excluding hydrogens is 499 g/mol. The van der Waals surface area contributed by atoms with Crippen molar-refractivity contribution in [2.24, 2.45) is 0 Å². The van der Waals surface area contributed by atoms with Crippen molar-refractivity contribution < 1.29 is 23.5 Å². The number of benzene rings is 2. The lowest BCUT2D eigenvalue weighted by Crippen LogP contribution is -2.47. The highest BCUT2D eigenvalue weighted by molar-refractivity contribution is 6.31. The van der Waals surface area contributed by atoms with Crippen molar-refractivity contribution in [1.82, 2.24) is 19.7 Å². The number of piperidine rings is 1. The molecule has 10 heteroatoms. The van der Waals surface area contributed by atoms with E-state index in [1.165, 1.54) is 12.1 Å². The average molecular weight is 525 g/mol. The molecule has 1 spiro atoms. The number of halogens is 2. The fraction of sp³-hybridized carbons (Fsp3) is 0.370. The van der Waals surface area contributed by atoms with Gasteiger partial charge in [0.1, 0.15) is 18.0 Å². The zero-order chi connectivity index (χ0) is 25.7. The lowest BCUT2D eigenvalue weighted by Gasteiger charge is -2.38. The topological polar surface area (TPSA) is 83.9 Å². The molecule has 0 radical (unpaired) electrons. The third-order valence-electron chi connectivity index (χ3n) is 7.69. The van der Waals surface area contributed by atoms with Crippen LogP contribution in [0.1, 0.15) is 39.1 Å². The molecule has 37 heavy (non-hydrogen) atoms. The Morgan fingerprint density at radius 2 is 1.78 bits per heavy atom. The van der Waals surface area contributed by atoms with Gasteiger partial charge in [-0.05, 0) is 24.3 Å². The molecule has 2 aromatic carbocycles. The summed E-state index contributed by atoms with van der Waals surface area (Å²) in [4.78, 5) is 42.6. The molecule has 2 saturated heterocycles. The second kappa shape index (κ2) is 9.15. The van der Waals surface area contributed by atoms with E-state index in [0.29, 0.717) is 55.2 Å². The predicted molar refractivity (Wildman–Crippen MR) is 135 cm³/mol. The fourth-order valence-corrected chi connectivity index (χ4v) is 5.88. The smallest absolute Gasteiger partial charge is 0.339 e. The predicted octanol–water partition coefficient (Wildman–Crippen LogP) is 3.17. The molecule has 0 unspecified atom stereocenters. The first kappa shape index (κ1) is 23.9. The lowest BCUT2D eigenvalue weighted by atomic mass is 9.83. The largest absolute Gasteiger partial charge is 0.450 e. The van der Waals surface area contributed by atoms with Gasteiger partial charge in [0, 0.05) is 74.3 Å². The summed E-state index contributed by atoms with van der Waals surface area (Å²) in [6.07, 6.45) is 2.59. The van der Waals surface area contributed by atoms with Crippen molar-refractivity contribution in [3.63, 3.8) is 0 Å². The number of hydrogen-bond acceptors (Lipinski definition) is 5. The molecule has 2 amide bonds. The average Bonchev–Trinajstić information content (AvgIpc) is 3.38. The summed E-state index contributed by atoms with van der Waals surface area (Å²) in [6, 6.07) is 9.49. The van der Waals surface area contributed by atoms with Crippen LogP contribution in [0.4, 0.5) is 4.39 Å². The number of esters is 1. The fourth-order valence-electron chi connectivity index (χ4n) is 5.71. The number of piperazine rings is 1. The number of carbonyl (C=O) groups is 3. The second-order valence-electron chi connectivity index (χ2n) is 9.83. The summed E-state index contributed by atoms with van der Waals surface area (Å²) in [5.41, 5.74) is 1.33. The van der Waals surface area contributed by atoms with E-state index in [1.807, 2.05) is 11.0 Å². The van der Waals surface area contributed by atoms with Gasteiger partial charge < -0.3 is 24.4 Å². The zero-order valence-corrected chi connectivity index (χ0v) is 20.9. The minimum Gasteiger partial charge on any atom is -0.450 e. The molecule has 4 heterocycles. The third kappa shape index (κ3) is 4.16. The van der Waals surface area contributed by atoms with E-state index in [9.17, 15) is 18.8 Å². The third-order valence-corrected chi connectivity index (χ3v) is 7.92. The van der Waals surface area contributed by atoms with Gasteiger partial charge in [0.05, 0.1) is 16.6 Å². The molecule has 1 aromatic heterocycles. The lowest BCUT2D eigenvalue weighted by molar-refractivity contribution is -0.132. The summed E-state index contributed by atoms with van der Waals surface area (Å²) >= 11 is 6.27. The van der Waals surface area contributed by atoms with Gasteiger partial charge >= 0.3 is 5.97 Å². The van der Waals surface area contributed by atoms with E-state index in [1.54, 1.807) is 33.9 Å². The minimum absolute atomic E-state index is 0.00422. The van der Waals surface area contributed by atoms with Gasteiger partial charge in [0.15, 0.2) is 0 Å². The van der Waals surface area contributed by atoms with E-state index in [4.69, 9.17) is 16.3 Å². The van der Waals surface area contributed by atoms with E-state index in [2.05, 4.69) is 5.32 Å². The first-order chi connectivity index (χ1) is 17.8. The van der Waals surface area contributed by atoms with Crippen LogP contribution in [0.5, 0.6) is 0 Å². The van der Waals surface area contributed by atoms with Gasteiger partial charge in [-0.25, -0.2) is 9.18 Å². The Bertz CT molecular complexity index is 1420. The molecule has 0 bridgehead atoms. The Labute approximate surface area is 217 Å². The molecule has 0 saturated carbocycles. The molecule has 6 rings (SSSR count). The van der Waals surface area contributed by atoms with Gasteiger partial charge in [-0.15, -0.1) is 0 Å². The van der Waals surface area contributed by atoms with Crippen LogP contribution in [-0.4, -0.2) is 71.4 Å². The first-order valence-electron chi connectivity index (χ1n) is 12.4. The summed E-state index contributed by atoms with van der Waals surface area (Å²) in [6.45, 7) is 3.71. The van der Waals surface area contributed by atoms with Crippen LogP contribution in [0, 0.1) is 5.82 Å². The number of amides is 2. The Kier molecular flexibility index (Phi) is 5.92. The number of carbonyl (C=O) groups excluding carboxylic acids is 3. The zero-order valence-electron chi connectivity index (χ0n) is 20.1. The maximum atomic E-state index is 13.7. The maximum Gasteiger partial charge on any atom is 0.339 e. The highest BCUT2D eigenvalue weighted by atomic mass is 35.5. The Hall–Kier alpha value is -3.43. The van der Waals surface area contributed by atoms with Crippen molar-refractivity contribution in [2.75, 3.05) is 39.3 Å². The van der Waals surface area contributed by atoms with Gasteiger partial charge in [-0.1, -0.05) is 23.7 Å². The Morgan fingerprint density at radius 1 is 1.03 bits per heavy atom. The highest BCUT2D eigenvalue weighted by Crippen LogP contribution is 2.44. The SMILES string of the molecule is O=C1OC2(CCN(C(=O)c3cn(CC(=O)N4CCNCC4)c4cc(Cl)ccc34)CC2)c2ccc(F)cc21. The standard InChI is InChI=1S/C27H26ClFN4O4/c28-17-1-3-19-21(15-33(23(19)13-17)16-24(34)31-11-7-30-8-12-31)25(35)32-9-5-27(6-10-32)22-4-2-18(29)14-20(22)26(36)37-27/h1-4,13-15,30H,5-12,16H2. The van der Waals surface area contributed by atoms with E-state index in [0.717, 1.165) is 24.0 Å². The number of nitrogens with zero attached hydrogens (tertiary/aromatic N) is 3. The summed E-state index contributed by atoms with van der Waals surface area (Å²) < 4.78 is 21.2. The molecule has 2 fully saturated rings. The van der Waals surface area contributed by atoms with Crippen molar-refractivity contribution in [1.29, 1.82) is 0 Å². The Balaban J connectivity index is 1.24. The quantitative estimate of drug-likeness (QED) is 0.532. The van der Waals surface area contributed by atoms with E-state index < -0.39 is 17.4 Å². The highest BCUT2D eigenvalue weighted by Gasteiger charge is 2.48. The van der Waals surface area contributed by atoms with Crippen molar-refractivity contribution in [2.45, 2.75) is 25.0 Å². The molecule has 3 aromatic rings. The number of likely N-dealkylation sites (tertiary alicyclic amines) is 1. The second-order valence-corrected chi connectivity index (χ2v) is 10.3. The molecule has 0 aliphatic carbocycles. The van der Waals surface area contributed by atoms with Crippen molar-refractivity contribution in [3.8, 4) is 0 Å². The van der Waals surface area contributed by atoms with Crippen LogP contribution in [0.2, 0.25) is 5.02 Å². The van der Waals surface area contributed by atoms with Crippen LogP contribution in [-0.2, 0) is 21.7 Å². The summed E-state index contributed by atoms with van der Waals surface area (Å²) in [7, 11) is 0. The molecule has 1 N–H and O–H groups in total. The van der Waals surface area contributed by atoms with Crippen molar-refractivity contribution in [3.05, 3.63) is 70.1 Å². The van der Waals surface area contributed by atoms with E-state index >= 15 is 0 Å². The van der Waals surface area contributed by atoms with Crippen LogP contribution >= 0.6 is 11.6 Å². The van der Waals surface area contributed by atoms with Crippen molar-refractivity contribution >= 4 is 40.3 Å². The van der Waals surface area contributed by atoms with Gasteiger partial charge in [-0.3, -0.25) is 9.59 Å². The molecule has 3 aliphatic heterocycles. The first-order valence-corrected chi connectivity index (χ1v) is 12.8. The van der Waals surface area contributed by atoms with Crippen LogP contribution in [0.15, 0.2) is 42.6 Å². The Morgan fingerprint density at radius 3 is 2.54 bits per heavy atom. The van der Waals surface area contributed by atoms with Crippen LogP contribution in [0.25, 0.3) is 10.9 Å². The summed E-state index contributed by atoms with van der Waals surface area (Å²) in [5, 5.41) is 4.50. The maximum absolute atomic E-state index is 13.7. The molecular formula is C27H26ClFN4O4. The number of ether oxygens (including phenoxy) is 1. The van der Waals surface area contributed by atoms with Gasteiger partial charge in [0.25, 0.3) is 5.91 Å². The molecule has 192 valence electrons. The number of hydrogen-bond donors (Lipinski definition) is 1. The summed E-state index contributed by atoms with van der Waals surface area (Å²) in [5.74, 6) is -1.16. The minimum atomic E-state index is -0.839. The van der Waals surface area contributed by atoms with Crippen LogP contribution < -0.4 is 5.32 Å². The number of nitrogens with one attached hydrogen (secondary N) is 1. The normalized spacial score (nSPS) is 18.8. The van der Waals surface area contributed by atoms with E-state index in [-0.39, 0.29) is 23.9 Å². The number of aromatic nitrogens is 1. The van der Waals surface area contributed by atoms with Gasteiger partial charge in [-0.2, -0.15) is 0 Å². The van der Waals surface area contributed by atoms with Gasteiger partial charge in [0.2, 0.25) is 5.91 Å². The monoisotopic (exact) mass is 524 g/mol. The molecule has 0 atom stereocenters. The molecule has 3 aliphatic rings. The molecule has 8 nitrogen and oxygen atoms in total. The number of fused-ring (bicyclic) bond motifs is 3. The van der Waals surface area contributed by atoms with Crippen LogP contribution in [0.3, 0.4) is 0 Å². The number of rotatable bonds is 3.